The van der Waals surface area contributed by atoms with Gasteiger partial charge >= 0.3 is 0 Å². The Balaban J connectivity index is 2.96. The minimum Gasteiger partial charge on any atom is -0.317 e. The van der Waals surface area contributed by atoms with Gasteiger partial charge in [-0.25, -0.2) is 0 Å². The van der Waals surface area contributed by atoms with E-state index < -0.39 is 0 Å². The molecule has 1 aromatic heterocycles. The number of rotatable bonds is 3. The molecule has 0 radical (unpaired) electrons. The number of hydrogen-bond donors (Lipinski definition) is 1. The number of anilines is 1. The molecule has 0 saturated heterocycles. The van der Waals surface area contributed by atoms with Crippen molar-refractivity contribution in [1.82, 2.24) is 0 Å². The molecular weight excluding hydrogens is 244 g/mol. The second-order valence-electron chi connectivity index (χ2n) is 5.86. The highest BCUT2D eigenvalue weighted by Gasteiger charge is 2.23. The van der Waals surface area contributed by atoms with Crippen LogP contribution in [0.3, 0.4) is 0 Å². The van der Waals surface area contributed by atoms with E-state index in [9.17, 15) is 10.1 Å². The molecule has 0 aromatic carbocycles. The van der Waals surface area contributed by atoms with Crippen molar-refractivity contribution in [2.24, 2.45) is 5.92 Å². The molecule has 0 bridgehead atoms. The molecule has 0 aliphatic heterocycles. The van der Waals surface area contributed by atoms with E-state index in [4.69, 9.17) is 0 Å². The van der Waals surface area contributed by atoms with E-state index in [0.29, 0.717) is 22.9 Å². The third-order valence-corrected chi connectivity index (χ3v) is 3.45. The van der Waals surface area contributed by atoms with E-state index in [0.717, 1.165) is 5.56 Å². The van der Waals surface area contributed by atoms with Crippen molar-refractivity contribution in [2.45, 2.75) is 46.5 Å². The molecule has 0 unspecified atom stereocenters. The van der Waals surface area contributed by atoms with Gasteiger partial charge in [-0.15, -0.1) is 11.3 Å². The average molecular weight is 264 g/mol. The molecule has 98 valence electrons. The van der Waals surface area contributed by atoms with Crippen molar-refractivity contribution >= 4 is 22.2 Å². The molecular formula is C14H20N2OS. The van der Waals surface area contributed by atoms with Gasteiger partial charge in [0.05, 0.1) is 5.56 Å². The van der Waals surface area contributed by atoms with Crippen LogP contribution in [0.1, 0.15) is 52.2 Å². The maximum absolute atomic E-state index is 11.7. The zero-order chi connectivity index (χ0) is 13.9. The Morgan fingerprint density at radius 1 is 1.50 bits per heavy atom. The van der Waals surface area contributed by atoms with Gasteiger partial charge in [-0.3, -0.25) is 4.79 Å². The van der Waals surface area contributed by atoms with Crippen LogP contribution in [0.15, 0.2) is 5.38 Å². The van der Waals surface area contributed by atoms with Gasteiger partial charge in [0.25, 0.3) is 0 Å². The molecule has 4 heteroatoms. The van der Waals surface area contributed by atoms with Crippen molar-refractivity contribution in [3.05, 3.63) is 16.5 Å². The van der Waals surface area contributed by atoms with Gasteiger partial charge in [0.1, 0.15) is 11.1 Å². The fourth-order valence-electron chi connectivity index (χ4n) is 1.66. The number of nitriles is 1. The van der Waals surface area contributed by atoms with Gasteiger partial charge in [0.2, 0.25) is 5.91 Å². The lowest BCUT2D eigenvalue weighted by Crippen LogP contribution is -2.15. The van der Waals surface area contributed by atoms with E-state index in [1.165, 1.54) is 11.3 Å². The summed E-state index contributed by atoms with van der Waals surface area (Å²) in [6, 6.07) is 2.21. The van der Waals surface area contributed by atoms with Crippen molar-refractivity contribution in [1.29, 1.82) is 5.26 Å². The molecule has 3 nitrogen and oxygen atoms in total. The highest BCUT2D eigenvalue weighted by molar-refractivity contribution is 7.14. The highest BCUT2D eigenvalue weighted by Crippen LogP contribution is 2.35. The minimum atomic E-state index is -0.0808. The summed E-state index contributed by atoms with van der Waals surface area (Å²) < 4.78 is 0. The third kappa shape index (κ3) is 3.58. The van der Waals surface area contributed by atoms with E-state index in [1.54, 1.807) is 0 Å². The zero-order valence-corrected chi connectivity index (χ0v) is 12.4. The summed E-state index contributed by atoms with van der Waals surface area (Å²) in [5.41, 5.74) is 1.52. The molecule has 0 saturated carbocycles. The highest BCUT2D eigenvalue weighted by atomic mass is 32.1. The predicted octanol–water partition coefficient (Wildman–Crippen LogP) is 3.90. The first-order valence-corrected chi connectivity index (χ1v) is 6.95. The predicted molar refractivity (Wildman–Crippen MR) is 75.8 cm³/mol. The van der Waals surface area contributed by atoms with Crippen LogP contribution in [0, 0.1) is 17.2 Å². The Morgan fingerprint density at radius 2 is 2.11 bits per heavy atom. The van der Waals surface area contributed by atoms with Crippen LogP contribution in [0.5, 0.6) is 0 Å². The van der Waals surface area contributed by atoms with Crippen LogP contribution in [-0.2, 0) is 10.2 Å². The molecule has 1 aromatic rings. The molecule has 0 spiro atoms. The molecule has 0 fully saturated rings. The second-order valence-corrected chi connectivity index (χ2v) is 6.74. The Bertz CT molecular complexity index is 475. The fraction of sp³-hybridized carbons (Fsp3) is 0.571. The summed E-state index contributed by atoms with van der Waals surface area (Å²) in [4.78, 5) is 11.7. The number of carbonyl (C=O) groups is 1. The standard InChI is InChI=1S/C14H20N2OS/c1-9(2)6-12(17)16-13-10(7-15)11(8-18-13)14(3,4)5/h8-9H,6H2,1-5H3,(H,16,17). The van der Waals surface area contributed by atoms with Crippen molar-refractivity contribution in [2.75, 3.05) is 5.32 Å². The Kier molecular flexibility index (Phi) is 4.53. The Labute approximate surface area is 113 Å². The maximum Gasteiger partial charge on any atom is 0.225 e. The second kappa shape index (κ2) is 5.53. The van der Waals surface area contributed by atoms with Crippen molar-refractivity contribution in [3.63, 3.8) is 0 Å². The number of amides is 1. The summed E-state index contributed by atoms with van der Waals surface area (Å²) in [6.45, 7) is 10.2. The zero-order valence-electron chi connectivity index (χ0n) is 11.6. The maximum atomic E-state index is 11.7. The van der Waals surface area contributed by atoms with E-state index in [1.807, 2.05) is 19.2 Å². The number of hydrogen-bond acceptors (Lipinski definition) is 3. The largest absolute Gasteiger partial charge is 0.317 e. The first kappa shape index (κ1) is 14.7. The minimum absolute atomic E-state index is 0.0243. The molecule has 1 heterocycles. The first-order valence-electron chi connectivity index (χ1n) is 6.07. The third-order valence-electron chi connectivity index (χ3n) is 2.56. The van der Waals surface area contributed by atoms with E-state index in [-0.39, 0.29) is 11.3 Å². The first-order chi connectivity index (χ1) is 8.25. The number of carbonyl (C=O) groups excluding carboxylic acids is 1. The van der Waals surface area contributed by atoms with Crippen LogP contribution in [0.4, 0.5) is 5.00 Å². The Hall–Kier alpha value is -1.34. The smallest absolute Gasteiger partial charge is 0.225 e. The molecule has 0 aliphatic carbocycles. The molecule has 1 N–H and O–H groups in total. The van der Waals surface area contributed by atoms with Gasteiger partial charge in [0.15, 0.2) is 0 Å². The monoisotopic (exact) mass is 264 g/mol. The SMILES string of the molecule is CC(C)CC(=O)Nc1scc(C(C)(C)C)c1C#N. The number of nitrogens with zero attached hydrogens (tertiary/aromatic N) is 1. The molecule has 1 amide bonds. The Morgan fingerprint density at radius 3 is 2.56 bits per heavy atom. The lowest BCUT2D eigenvalue weighted by atomic mass is 9.86. The van der Waals surface area contributed by atoms with Gasteiger partial charge in [-0.05, 0) is 22.3 Å². The lowest BCUT2D eigenvalue weighted by molar-refractivity contribution is -0.116. The topological polar surface area (TPSA) is 52.9 Å². The van der Waals surface area contributed by atoms with Crippen LogP contribution >= 0.6 is 11.3 Å². The summed E-state index contributed by atoms with van der Waals surface area (Å²) in [7, 11) is 0. The van der Waals surface area contributed by atoms with Gasteiger partial charge in [-0.2, -0.15) is 5.26 Å². The average Bonchev–Trinajstić information content (AvgIpc) is 2.58. The molecule has 0 aliphatic rings. The molecule has 18 heavy (non-hydrogen) atoms. The summed E-state index contributed by atoms with van der Waals surface area (Å²) >= 11 is 1.43. The van der Waals surface area contributed by atoms with Crippen molar-refractivity contribution in [3.8, 4) is 6.07 Å². The van der Waals surface area contributed by atoms with Crippen molar-refractivity contribution < 1.29 is 4.79 Å². The lowest BCUT2D eigenvalue weighted by Gasteiger charge is -2.17. The van der Waals surface area contributed by atoms with Gasteiger partial charge < -0.3 is 5.32 Å². The molecule has 0 atom stereocenters. The van der Waals surface area contributed by atoms with Crippen LogP contribution in [0.2, 0.25) is 0 Å². The van der Waals surface area contributed by atoms with Gasteiger partial charge in [-0.1, -0.05) is 34.6 Å². The van der Waals surface area contributed by atoms with Crippen LogP contribution in [-0.4, -0.2) is 5.91 Å². The van der Waals surface area contributed by atoms with E-state index in [2.05, 4.69) is 32.2 Å². The van der Waals surface area contributed by atoms with Crippen LogP contribution < -0.4 is 5.32 Å². The summed E-state index contributed by atoms with van der Waals surface area (Å²) in [6.07, 6.45) is 0.480. The number of thiophene rings is 1. The normalized spacial score (nSPS) is 11.4. The molecule has 1 rings (SSSR count). The van der Waals surface area contributed by atoms with Gasteiger partial charge in [0, 0.05) is 6.42 Å². The van der Waals surface area contributed by atoms with E-state index >= 15 is 0 Å². The quantitative estimate of drug-likeness (QED) is 0.900. The van der Waals surface area contributed by atoms with Crippen LogP contribution in [0.25, 0.3) is 0 Å². The summed E-state index contributed by atoms with van der Waals surface area (Å²) in [5, 5.41) is 14.7. The fourth-order valence-corrected chi connectivity index (χ4v) is 2.81. The number of nitrogens with one attached hydrogen (secondary N) is 1. The summed E-state index contributed by atoms with van der Waals surface area (Å²) in [5.74, 6) is 0.293.